The monoisotopic (exact) mass is 545 g/mol. The van der Waals surface area contributed by atoms with Crippen LogP contribution in [0.4, 0.5) is 0 Å². The highest BCUT2D eigenvalue weighted by atomic mass is 35.5. The summed E-state index contributed by atoms with van der Waals surface area (Å²) in [6, 6.07) is 12.9. The van der Waals surface area contributed by atoms with Gasteiger partial charge in [-0.2, -0.15) is 0 Å². The summed E-state index contributed by atoms with van der Waals surface area (Å²) < 4.78 is 11.9. The Morgan fingerprint density at radius 2 is 1.73 bits per heavy atom. The molecule has 0 aliphatic carbocycles. The van der Waals surface area contributed by atoms with Crippen LogP contribution in [0, 0.1) is 0 Å². The fourth-order valence-electron chi connectivity index (χ4n) is 5.30. The lowest BCUT2D eigenvalue weighted by atomic mass is 9.96. The van der Waals surface area contributed by atoms with Crippen molar-refractivity contribution in [2.75, 3.05) is 32.8 Å². The lowest BCUT2D eigenvalue weighted by molar-refractivity contribution is -0.128. The minimum absolute atomic E-state index is 0.00544. The molecule has 3 fully saturated rings. The van der Waals surface area contributed by atoms with E-state index in [0.717, 1.165) is 12.8 Å². The molecule has 3 saturated heterocycles. The number of rotatable bonds is 5. The molecule has 0 unspecified atom stereocenters. The molecule has 37 heavy (non-hydrogen) atoms. The summed E-state index contributed by atoms with van der Waals surface area (Å²) in [5.74, 6) is -0.691. The number of amides is 3. The van der Waals surface area contributed by atoms with Crippen LogP contribution in [0.3, 0.4) is 0 Å². The van der Waals surface area contributed by atoms with Crippen LogP contribution in [0.25, 0.3) is 0 Å². The second-order valence-corrected chi connectivity index (χ2v) is 10.4. The maximum absolute atomic E-state index is 13.7. The molecule has 3 aliphatic heterocycles. The van der Waals surface area contributed by atoms with Crippen molar-refractivity contribution in [2.45, 2.75) is 43.6 Å². The first kappa shape index (κ1) is 26.0. The molecule has 196 valence electrons. The van der Waals surface area contributed by atoms with Crippen molar-refractivity contribution in [2.24, 2.45) is 0 Å². The van der Waals surface area contributed by atoms with E-state index >= 15 is 0 Å². The van der Waals surface area contributed by atoms with E-state index in [1.807, 2.05) is 6.07 Å². The molecular formula is C27H29Cl2N3O5. The second-order valence-electron chi connectivity index (χ2n) is 9.62. The molecule has 0 aromatic heterocycles. The average molecular weight is 546 g/mol. The van der Waals surface area contributed by atoms with Crippen molar-refractivity contribution in [3.63, 3.8) is 0 Å². The smallest absolute Gasteiger partial charge is 0.256 e. The Bertz CT molecular complexity index is 1160. The van der Waals surface area contributed by atoms with Crippen LogP contribution in [0.5, 0.6) is 0 Å². The fraction of sp³-hybridized carbons (Fsp3) is 0.444. The van der Waals surface area contributed by atoms with Crippen molar-refractivity contribution in [1.29, 1.82) is 0 Å². The zero-order valence-corrected chi connectivity index (χ0v) is 21.8. The van der Waals surface area contributed by atoms with Crippen LogP contribution < -0.4 is 5.32 Å². The molecule has 2 aromatic carbocycles. The van der Waals surface area contributed by atoms with Crippen molar-refractivity contribution in [3.05, 3.63) is 69.7 Å². The third kappa shape index (κ3) is 5.34. The zero-order chi connectivity index (χ0) is 26.0. The number of likely N-dealkylation sites (tertiary alicyclic amines) is 1. The van der Waals surface area contributed by atoms with Gasteiger partial charge >= 0.3 is 0 Å². The van der Waals surface area contributed by atoms with Gasteiger partial charge in [-0.05, 0) is 43.2 Å². The van der Waals surface area contributed by atoms with Gasteiger partial charge < -0.3 is 19.7 Å². The van der Waals surface area contributed by atoms with E-state index in [-0.39, 0.29) is 30.4 Å². The zero-order valence-electron chi connectivity index (χ0n) is 20.3. The Balaban J connectivity index is 1.33. The van der Waals surface area contributed by atoms with Gasteiger partial charge in [0.05, 0.1) is 22.8 Å². The lowest BCUT2D eigenvalue weighted by Crippen LogP contribution is -2.60. The van der Waals surface area contributed by atoms with Gasteiger partial charge in [-0.1, -0.05) is 41.4 Å². The first-order chi connectivity index (χ1) is 17.9. The number of hydrogen-bond donors (Lipinski definition) is 1. The highest BCUT2D eigenvalue weighted by molar-refractivity contribution is 6.42. The van der Waals surface area contributed by atoms with Gasteiger partial charge in [0.2, 0.25) is 5.91 Å². The molecule has 1 spiro atoms. The standard InChI is InChI=1S/C27H29Cl2N3O5/c28-21-9-8-19(15-22(21)29)25(34)31-12-10-27(11-13-31)32(26(35)18-5-2-1-3-6-18)23(17-37-27)24(33)30-16-20-7-4-14-36-20/h1-3,5-6,8-9,15,20,23H,4,7,10-14,16-17H2,(H,30,33)/t20-,23+/m1/s1. The predicted octanol–water partition coefficient (Wildman–Crippen LogP) is 3.76. The maximum atomic E-state index is 13.7. The van der Waals surface area contributed by atoms with Crippen molar-refractivity contribution in [3.8, 4) is 0 Å². The number of ether oxygens (including phenoxy) is 2. The molecule has 0 saturated carbocycles. The molecule has 0 bridgehead atoms. The lowest BCUT2D eigenvalue weighted by Gasteiger charge is -2.44. The Hall–Kier alpha value is -2.65. The SMILES string of the molecule is O=C(NC[C@H]1CCCO1)[C@@H]1COC2(CCN(C(=O)c3ccc(Cl)c(Cl)c3)CC2)N1C(=O)c1ccccc1. The van der Waals surface area contributed by atoms with E-state index in [4.69, 9.17) is 32.7 Å². The summed E-state index contributed by atoms with van der Waals surface area (Å²) in [5.41, 5.74) is -0.0485. The fourth-order valence-corrected chi connectivity index (χ4v) is 5.59. The molecule has 3 amide bonds. The first-order valence-electron chi connectivity index (χ1n) is 12.5. The highest BCUT2D eigenvalue weighted by Gasteiger charge is 2.54. The molecule has 0 radical (unpaired) electrons. The van der Waals surface area contributed by atoms with Crippen LogP contribution in [0.15, 0.2) is 48.5 Å². The van der Waals surface area contributed by atoms with E-state index < -0.39 is 11.8 Å². The second kappa shape index (κ2) is 11.0. The van der Waals surface area contributed by atoms with Crippen LogP contribution in [-0.4, -0.2) is 78.2 Å². The molecule has 2 atom stereocenters. The van der Waals surface area contributed by atoms with Gasteiger partial charge in [0, 0.05) is 50.2 Å². The third-order valence-corrected chi connectivity index (χ3v) is 8.07. The number of halogens is 2. The molecule has 2 aromatic rings. The number of piperidine rings is 1. The molecule has 8 nitrogen and oxygen atoms in total. The molecule has 1 N–H and O–H groups in total. The first-order valence-corrected chi connectivity index (χ1v) is 13.3. The summed E-state index contributed by atoms with van der Waals surface area (Å²) in [7, 11) is 0. The normalized spacial score (nSPS) is 22.9. The van der Waals surface area contributed by atoms with Gasteiger partial charge in [-0.3, -0.25) is 19.3 Å². The summed E-state index contributed by atoms with van der Waals surface area (Å²) in [4.78, 5) is 43.4. The highest BCUT2D eigenvalue weighted by Crippen LogP contribution is 2.39. The predicted molar refractivity (Wildman–Crippen MR) is 139 cm³/mol. The topological polar surface area (TPSA) is 88.2 Å². The third-order valence-electron chi connectivity index (χ3n) is 7.33. The van der Waals surface area contributed by atoms with Crippen molar-refractivity contribution < 1.29 is 23.9 Å². The van der Waals surface area contributed by atoms with E-state index in [9.17, 15) is 14.4 Å². The maximum Gasteiger partial charge on any atom is 0.256 e. The van der Waals surface area contributed by atoms with Crippen LogP contribution in [0.2, 0.25) is 10.0 Å². The quantitative estimate of drug-likeness (QED) is 0.617. The minimum Gasteiger partial charge on any atom is -0.376 e. The number of nitrogens with one attached hydrogen (secondary N) is 1. The summed E-state index contributed by atoms with van der Waals surface area (Å²) >= 11 is 12.1. The summed E-state index contributed by atoms with van der Waals surface area (Å²) in [6.45, 7) is 1.92. The average Bonchev–Trinajstić information content (AvgIpc) is 3.57. The Labute approximate surface area is 225 Å². The van der Waals surface area contributed by atoms with Gasteiger partial charge in [-0.15, -0.1) is 0 Å². The van der Waals surface area contributed by atoms with Crippen LogP contribution >= 0.6 is 23.2 Å². The van der Waals surface area contributed by atoms with E-state index in [0.29, 0.717) is 60.3 Å². The largest absolute Gasteiger partial charge is 0.376 e. The number of carbonyl (C=O) groups excluding carboxylic acids is 3. The molecule has 5 rings (SSSR count). The van der Waals surface area contributed by atoms with Gasteiger partial charge in [-0.25, -0.2) is 0 Å². The van der Waals surface area contributed by atoms with Gasteiger partial charge in [0.1, 0.15) is 11.8 Å². The summed E-state index contributed by atoms with van der Waals surface area (Å²) in [5, 5.41) is 3.66. The van der Waals surface area contributed by atoms with E-state index in [2.05, 4.69) is 5.32 Å². The summed E-state index contributed by atoms with van der Waals surface area (Å²) in [6.07, 6.45) is 2.64. The minimum atomic E-state index is -0.979. The van der Waals surface area contributed by atoms with Crippen LogP contribution in [-0.2, 0) is 14.3 Å². The number of nitrogens with zero attached hydrogens (tertiary/aromatic N) is 2. The molecule has 3 heterocycles. The molecule has 3 aliphatic rings. The Kier molecular flexibility index (Phi) is 7.72. The van der Waals surface area contributed by atoms with E-state index in [1.54, 1.807) is 52.3 Å². The number of benzene rings is 2. The Morgan fingerprint density at radius 1 is 0.973 bits per heavy atom. The number of carbonyl (C=O) groups is 3. The van der Waals surface area contributed by atoms with E-state index in [1.165, 1.54) is 0 Å². The van der Waals surface area contributed by atoms with Crippen molar-refractivity contribution >= 4 is 40.9 Å². The van der Waals surface area contributed by atoms with Gasteiger partial charge in [0.15, 0.2) is 0 Å². The van der Waals surface area contributed by atoms with Gasteiger partial charge in [0.25, 0.3) is 11.8 Å². The number of hydrogen-bond acceptors (Lipinski definition) is 5. The van der Waals surface area contributed by atoms with Crippen LogP contribution in [0.1, 0.15) is 46.4 Å². The van der Waals surface area contributed by atoms with Crippen molar-refractivity contribution in [1.82, 2.24) is 15.1 Å². The Morgan fingerprint density at radius 3 is 2.41 bits per heavy atom. The molecule has 10 heteroatoms. The molecular weight excluding hydrogens is 517 g/mol.